The van der Waals surface area contributed by atoms with Crippen LogP contribution in [0.2, 0.25) is 0 Å². The zero-order valence-corrected chi connectivity index (χ0v) is 9.50. The van der Waals surface area contributed by atoms with Gasteiger partial charge in [-0.15, -0.1) is 0 Å². The Morgan fingerprint density at radius 3 is 2.35 bits per heavy atom. The van der Waals surface area contributed by atoms with Gasteiger partial charge in [0.25, 0.3) is 0 Å². The monoisotopic (exact) mass is 244 g/mol. The highest BCUT2D eigenvalue weighted by Crippen LogP contribution is 2.23. The molecular formula is C12H14F2O3. The van der Waals surface area contributed by atoms with Crippen LogP contribution in [0, 0.1) is 11.6 Å². The summed E-state index contributed by atoms with van der Waals surface area (Å²) < 4.78 is 31.1. The maximum Gasteiger partial charge on any atom is 0.303 e. The molecule has 0 fully saturated rings. The van der Waals surface area contributed by atoms with Crippen LogP contribution < -0.4 is 4.74 Å². The lowest BCUT2D eigenvalue weighted by atomic mass is 10.1. The van der Waals surface area contributed by atoms with E-state index in [9.17, 15) is 13.6 Å². The smallest absolute Gasteiger partial charge is 0.303 e. The van der Waals surface area contributed by atoms with Gasteiger partial charge in [0.1, 0.15) is 0 Å². The van der Waals surface area contributed by atoms with Crippen LogP contribution >= 0.6 is 0 Å². The number of halogens is 2. The number of aliphatic carboxylic acids is 1. The fraction of sp³-hybridized carbons (Fsp3) is 0.417. The number of ether oxygens (including phenoxy) is 1. The summed E-state index contributed by atoms with van der Waals surface area (Å²) in [5, 5.41) is 8.43. The van der Waals surface area contributed by atoms with Crippen molar-refractivity contribution in [1.82, 2.24) is 0 Å². The number of benzene rings is 1. The molecule has 17 heavy (non-hydrogen) atoms. The molecule has 0 saturated heterocycles. The van der Waals surface area contributed by atoms with Gasteiger partial charge in [0.15, 0.2) is 17.4 Å². The van der Waals surface area contributed by atoms with E-state index in [1.807, 2.05) is 0 Å². The summed E-state index contributed by atoms with van der Waals surface area (Å²) in [7, 11) is 1.20. The van der Waals surface area contributed by atoms with Crippen molar-refractivity contribution in [3.63, 3.8) is 0 Å². The molecule has 0 spiro atoms. The number of aryl methyl sites for hydroxylation is 1. The lowest BCUT2D eigenvalue weighted by Crippen LogP contribution is -1.97. The topological polar surface area (TPSA) is 46.5 Å². The van der Waals surface area contributed by atoms with Gasteiger partial charge in [0.2, 0.25) is 0 Å². The molecule has 0 heterocycles. The molecule has 1 N–H and O–H groups in total. The highest BCUT2D eigenvalue weighted by molar-refractivity contribution is 5.66. The minimum Gasteiger partial charge on any atom is -0.491 e. The molecule has 0 atom stereocenters. The van der Waals surface area contributed by atoms with E-state index in [4.69, 9.17) is 5.11 Å². The molecule has 0 aliphatic heterocycles. The molecule has 0 amide bonds. The molecule has 0 aliphatic rings. The summed E-state index contributed by atoms with van der Waals surface area (Å²) in [5.41, 5.74) is 0.506. The number of carboxylic acid groups (broad SMARTS) is 1. The van der Waals surface area contributed by atoms with Gasteiger partial charge in [-0.3, -0.25) is 4.79 Å². The molecule has 0 bridgehead atoms. The maximum atomic E-state index is 13.3. The van der Waals surface area contributed by atoms with Gasteiger partial charge in [-0.1, -0.05) is 0 Å². The summed E-state index contributed by atoms with van der Waals surface area (Å²) in [4.78, 5) is 10.3. The van der Waals surface area contributed by atoms with Gasteiger partial charge in [-0.05, 0) is 37.0 Å². The Morgan fingerprint density at radius 2 is 1.88 bits per heavy atom. The predicted octanol–water partition coefficient (Wildman–Crippen LogP) is 2.77. The van der Waals surface area contributed by atoms with Crippen molar-refractivity contribution in [1.29, 1.82) is 0 Å². The Hall–Kier alpha value is -1.65. The molecule has 0 radical (unpaired) electrons. The van der Waals surface area contributed by atoms with Crippen LogP contribution in [0.15, 0.2) is 12.1 Å². The van der Waals surface area contributed by atoms with Crippen LogP contribution in [-0.4, -0.2) is 18.2 Å². The second-order valence-electron chi connectivity index (χ2n) is 3.69. The zero-order chi connectivity index (χ0) is 12.8. The van der Waals surface area contributed by atoms with Crippen molar-refractivity contribution >= 4 is 5.97 Å². The van der Waals surface area contributed by atoms with Crippen molar-refractivity contribution in [3.05, 3.63) is 29.3 Å². The van der Waals surface area contributed by atoms with E-state index in [0.717, 1.165) is 0 Å². The number of carboxylic acids is 1. The van der Waals surface area contributed by atoms with Crippen LogP contribution in [-0.2, 0) is 11.2 Å². The fourth-order valence-corrected chi connectivity index (χ4v) is 1.56. The van der Waals surface area contributed by atoms with Crippen LogP contribution in [0.25, 0.3) is 0 Å². The fourth-order valence-electron chi connectivity index (χ4n) is 1.56. The number of hydrogen-bond acceptors (Lipinski definition) is 2. The van der Waals surface area contributed by atoms with E-state index >= 15 is 0 Å². The van der Waals surface area contributed by atoms with Gasteiger partial charge in [-0.25, -0.2) is 8.78 Å². The van der Waals surface area contributed by atoms with Crippen LogP contribution in [0.3, 0.4) is 0 Å². The molecule has 1 rings (SSSR count). The normalized spacial score (nSPS) is 10.3. The molecule has 0 aliphatic carbocycles. The van der Waals surface area contributed by atoms with Gasteiger partial charge < -0.3 is 9.84 Å². The van der Waals surface area contributed by atoms with Crippen molar-refractivity contribution < 1.29 is 23.4 Å². The summed E-state index contributed by atoms with van der Waals surface area (Å²) in [6.45, 7) is 0. The molecule has 5 heteroatoms. The molecule has 1 aromatic carbocycles. The zero-order valence-electron chi connectivity index (χ0n) is 9.50. The average Bonchev–Trinajstić information content (AvgIpc) is 2.24. The third-order valence-corrected chi connectivity index (χ3v) is 2.37. The second kappa shape index (κ2) is 6.18. The second-order valence-corrected chi connectivity index (χ2v) is 3.69. The molecule has 1 aromatic rings. The number of methoxy groups -OCH3 is 1. The minimum absolute atomic E-state index is 0.0706. The predicted molar refractivity (Wildman–Crippen MR) is 58.1 cm³/mol. The average molecular weight is 244 g/mol. The lowest BCUT2D eigenvalue weighted by Gasteiger charge is -2.06. The number of hydrogen-bond donors (Lipinski definition) is 1. The van der Waals surface area contributed by atoms with Crippen LogP contribution in [0.1, 0.15) is 24.8 Å². The first-order chi connectivity index (χ1) is 8.04. The quantitative estimate of drug-likeness (QED) is 0.783. The van der Waals surface area contributed by atoms with Crippen LogP contribution in [0.5, 0.6) is 5.75 Å². The van der Waals surface area contributed by atoms with E-state index in [1.54, 1.807) is 0 Å². The molecule has 0 unspecified atom stereocenters. The van der Waals surface area contributed by atoms with E-state index in [2.05, 4.69) is 4.74 Å². The largest absolute Gasteiger partial charge is 0.491 e. The SMILES string of the molecule is COc1c(F)cc(CCCCC(=O)O)cc1F. The molecular weight excluding hydrogens is 230 g/mol. The van der Waals surface area contributed by atoms with Gasteiger partial charge >= 0.3 is 5.97 Å². The van der Waals surface area contributed by atoms with Crippen molar-refractivity contribution in [3.8, 4) is 5.75 Å². The summed E-state index contributed by atoms with van der Waals surface area (Å²) in [6.07, 6.45) is 1.59. The highest BCUT2D eigenvalue weighted by Gasteiger charge is 2.11. The first kappa shape index (κ1) is 13.4. The summed E-state index contributed by atoms with van der Waals surface area (Å²) in [5.74, 6) is -2.72. The van der Waals surface area contributed by atoms with Gasteiger partial charge in [0, 0.05) is 6.42 Å². The van der Waals surface area contributed by atoms with Crippen molar-refractivity contribution in [2.45, 2.75) is 25.7 Å². The van der Waals surface area contributed by atoms with Gasteiger partial charge in [0.05, 0.1) is 7.11 Å². The Morgan fingerprint density at radius 1 is 1.29 bits per heavy atom. The Kier molecular flexibility index (Phi) is 4.87. The first-order valence-corrected chi connectivity index (χ1v) is 5.28. The first-order valence-electron chi connectivity index (χ1n) is 5.28. The van der Waals surface area contributed by atoms with E-state index in [0.29, 0.717) is 24.8 Å². The molecule has 3 nitrogen and oxygen atoms in total. The maximum absolute atomic E-state index is 13.3. The third-order valence-electron chi connectivity index (χ3n) is 2.37. The number of unbranched alkanes of at least 4 members (excludes halogenated alkanes) is 1. The summed E-state index contributed by atoms with van der Waals surface area (Å²) in [6, 6.07) is 2.42. The van der Waals surface area contributed by atoms with E-state index in [-0.39, 0.29) is 12.2 Å². The van der Waals surface area contributed by atoms with Crippen LogP contribution in [0.4, 0.5) is 8.78 Å². The Labute approximate surface area is 98.0 Å². The van der Waals surface area contributed by atoms with Gasteiger partial charge in [-0.2, -0.15) is 0 Å². The summed E-state index contributed by atoms with van der Waals surface area (Å²) >= 11 is 0. The van der Waals surface area contributed by atoms with Crippen molar-refractivity contribution in [2.24, 2.45) is 0 Å². The Bertz CT molecular complexity index is 382. The van der Waals surface area contributed by atoms with E-state index < -0.39 is 17.6 Å². The Balaban J connectivity index is 2.58. The standard InChI is InChI=1S/C12H14F2O3/c1-17-12-9(13)6-8(7-10(12)14)4-2-3-5-11(15)16/h6-7H,2-5H2,1H3,(H,15,16). The number of rotatable bonds is 6. The molecule has 94 valence electrons. The lowest BCUT2D eigenvalue weighted by molar-refractivity contribution is -0.137. The molecule has 0 saturated carbocycles. The third kappa shape index (κ3) is 4.01. The van der Waals surface area contributed by atoms with Crippen molar-refractivity contribution in [2.75, 3.05) is 7.11 Å². The van der Waals surface area contributed by atoms with E-state index in [1.165, 1.54) is 19.2 Å². The highest BCUT2D eigenvalue weighted by atomic mass is 19.1. The number of carbonyl (C=O) groups is 1. The minimum atomic E-state index is -0.864. The molecule has 0 aromatic heterocycles.